The Balaban J connectivity index is 1.70. The quantitative estimate of drug-likeness (QED) is 0.294. The van der Waals surface area contributed by atoms with Crippen LogP contribution in [0.25, 0.3) is 0 Å². The van der Waals surface area contributed by atoms with Gasteiger partial charge in [0.15, 0.2) is 0 Å². The topological polar surface area (TPSA) is 131 Å². The predicted molar refractivity (Wildman–Crippen MR) is 113 cm³/mol. The molecule has 11 heteroatoms. The van der Waals surface area contributed by atoms with E-state index in [2.05, 4.69) is 20.7 Å². The Morgan fingerprint density at radius 1 is 1.35 bits per heavy atom. The molecule has 1 saturated heterocycles. The number of nitrogens with one attached hydrogen (secondary N) is 2. The van der Waals surface area contributed by atoms with Gasteiger partial charge in [-0.15, -0.1) is 0 Å². The molecule has 3 amide bonds. The SMILES string of the molecule is CN(C)c1nccc(NC(=O)[C@@H]2CCNN2C(=O)[C@H](CC2CCCC2)CN(O)C=O)n1. The highest BCUT2D eigenvalue weighted by molar-refractivity contribution is 5.97. The van der Waals surface area contributed by atoms with Crippen molar-refractivity contribution in [2.75, 3.05) is 37.4 Å². The Hall–Kier alpha value is -2.79. The lowest BCUT2D eigenvalue weighted by Crippen LogP contribution is -2.51. The van der Waals surface area contributed by atoms with Crippen molar-refractivity contribution in [2.24, 2.45) is 11.8 Å². The average Bonchev–Trinajstić information content (AvgIpc) is 3.45. The molecule has 170 valence electrons. The lowest BCUT2D eigenvalue weighted by molar-refractivity contribution is -0.159. The zero-order valence-electron chi connectivity index (χ0n) is 18.0. The van der Waals surface area contributed by atoms with E-state index < -0.39 is 12.0 Å². The molecular weight excluding hydrogens is 402 g/mol. The van der Waals surface area contributed by atoms with Crippen LogP contribution in [0.5, 0.6) is 0 Å². The van der Waals surface area contributed by atoms with Gasteiger partial charge in [0.2, 0.25) is 24.2 Å². The minimum Gasteiger partial charge on any atom is -0.347 e. The van der Waals surface area contributed by atoms with E-state index in [1.165, 1.54) is 5.01 Å². The van der Waals surface area contributed by atoms with Crippen LogP contribution < -0.4 is 15.6 Å². The highest BCUT2D eigenvalue weighted by atomic mass is 16.5. The first-order valence-electron chi connectivity index (χ1n) is 10.7. The van der Waals surface area contributed by atoms with Gasteiger partial charge in [-0.2, -0.15) is 4.98 Å². The van der Waals surface area contributed by atoms with E-state index in [1.807, 2.05) is 0 Å². The van der Waals surface area contributed by atoms with E-state index in [0.29, 0.717) is 48.5 Å². The lowest BCUT2D eigenvalue weighted by Gasteiger charge is -2.29. The Kier molecular flexibility index (Phi) is 7.75. The van der Waals surface area contributed by atoms with Crippen LogP contribution in [0.3, 0.4) is 0 Å². The molecule has 2 fully saturated rings. The number of hydroxylamine groups is 2. The highest BCUT2D eigenvalue weighted by Crippen LogP contribution is 2.31. The smallest absolute Gasteiger partial charge is 0.250 e. The standard InChI is InChI=1S/C20H31N7O4/c1-25(2)20-21-9-8-17(24-20)23-18(29)16-7-10-22-27(16)19(30)15(12-26(31)13-28)11-14-5-3-4-6-14/h8-9,13-16,22,31H,3-7,10-12H2,1-2H3,(H,21,23,24,29)/t15-,16+/m1/s1. The van der Waals surface area contributed by atoms with Crippen LogP contribution in [-0.4, -0.2) is 76.7 Å². The second-order valence-corrected chi connectivity index (χ2v) is 8.36. The second kappa shape index (κ2) is 10.5. The maximum Gasteiger partial charge on any atom is 0.250 e. The third kappa shape index (κ3) is 5.88. The van der Waals surface area contributed by atoms with Gasteiger partial charge < -0.3 is 10.2 Å². The number of hydrazine groups is 1. The van der Waals surface area contributed by atoms with Gasteiger partial charge in [-0.1, -0.05) is 25.7 Å². The first-order chi connectivity index (χ1) is 14.9. The van der Waals surface area contributed by atoms with Crippen LogP contribution in [0.1, 0.15) is 38.5 Å². The number of amides is 3. The number of aromatic nitrogens is 2. The maximum absolute atomic E-state index is 13.3. The number of carbonyl (C=O) groups excluding carboxylic acids is 3. The van der Waals surface area contributed by atoms with Gasteiger partial charge in [0.1, 0.15) is 11.9 Å². The van der Waals surface area contributed by atoms with Crippen molar-refractivity contribution < 1.29 is 19.6 Å². The van der Waals surface area contributed by atoms with Gasteiger partial charge in [-0.25, -0.2) is 15.5 Å². The summed E-state index contributed by atoms with van der Waals surface area (Å²) in [5.74, 6) is -0.0236. The van der Waals surface area contributed by atoms with Gasteiger partial charge in [-0.05, 0) is 24.8 Å². The number of nitrogens with zero attached hydrogens (tertiary/aromatic N) is 5. The van der Waals surface area contributed by atoms with E-state index in [9.17, 15) is 19.6 Å². The lowest BCUT2D eigenvalue weighted by atomic mass is 9.92. The highest BCUT2D eigenvalue weighted by Gasteiger charge is 2.39. The molecule has 0 bridgehead atoms. The molecule has 1 aromatic heterocycles. The third-order valence-corrected chi connectivity index (χ3v) is 5.82. The van der Waals surface area contributed by atoms with Gasteiger partial charge in [0, 0.05) is 26.8 Å². The molecule has 3 N–H and O–H groups in total. The molecule has 1 aliphatic carbocycles. The summed E-state index contributed by atoms with van der Waals surface area (Å²) in [5, 5.41) is 14.3. The summed E-state index contributed by atoms with van der Waals surface area (Å²) in [6, 6.07) is 0.885. The molecule has 1 aromatic rings. The molecule has 31 heavy (non-hydrogen) atoms. The summed E-state index contributed by atoms with van der Waals surface area (Å²) in [4.78, 5) is 47.3. The summed E-state index contributed by atoms with van der Waals surface area (Å²) in [5.41, 5.74) is 2.99. The molecule has 0 aromatic carbocycles. The molecule has 0 spiro atoms. The van der Waals surface area contributed by atoms with E-state index >= 15 is 0 Å². The van der Waals surface area contributed by atoms with Crippen LogP contribution >= 0.6 is 0 Å². The Bertz CT molecular complexity index is 785. The molecule has 0 unspecified atom stereocenters. The van der Waals surface area contributed by atoms with Crippen molar-refractivity contribution in [1.82, 2.24) is 25.5 Å². The van der Waals surface area contributed by atoms with Crippen LogP contribution in [0.2, 0.25) is 0 Å². The van der Waals surface area contributed by atoms with Gasteiger partial charge >= 0.3 is 0 Å². The number of hydrogen-bond acceptors (Lipinski definition) is 8. The van der Waals surface area contributed by atoms with Crippen molar-refractivity contribution in [2.45, 2.75) is 44.6 Å². The van der Waals surface area contributed by atoms with Crippen LogP contribution in [-0.2, 0) is 14.4 Å². The van der Waals surface area contributed by atoms with Crippen molar-refractivity contribution in [3.05, 3.63) is 12.3 Å². The van der Waals surface area contributed by atoms with Gasteiger partial charge in [-0.3, -0.25) is 24.6 Å². The fourth-order valence-electron chi connectivity index (χ4n) is 4.25. The fraction of sp³-hybridized carbons (Fsp3) is 0.650. The third-order valence-electron chi connectivity index (χ3n) is 5.82. The largest absolute Gasteiger partial charge is 0.347 e. The molecule has 2 aliphatic rings. The van der Waals surface area contributed by atoms with E-state index in [-0.39, 0.29) is 18.4 Å². The minimum absolute atomic E-state index is 0.0938. The first-order valence-corrected chi connectivity index (χ1v) is 10.7. The Morgan fingerprint density at radius 3 is 2.77 bits per heavy atom. The number of anilines is 2. The van der Waals surface area contributed by atoms with Crippen LogP contribution in [0.4, 0.5) is 11.8 Å². The zero-order chi connectivity index (χ0) is 22.4. The molecule has 1 saturated carbocycles. The van der Waals surface area contributed by atoms with Crippen LogP contribution in [0.15, 0.2) is 12.3 Å². The van der Waals surface area contributed by atoms with Gasteiger partial charge in [0.05, 0.1) is 12.5 Å². The van der Waals surface area contributed by atoms with Crippen molar-refractivity contribution in [1.29, 1.82) is 0 Å². The number of carbonyl (C=O) groups is 3. The molecule has 3 rings (SSSR count). The normalized spacial score (nSPS) is 19.8. The summed E-state index contributed by atoms with van der Waals surface area (Å²) >= 11 is 0. The predicted octanol–water partition coefficient (Wildman–Crippen LogP) is 0.631. The Labute approximate surface area is 181 Å². The minimum atomic E-state index is -0.709. The van der Waals surface area contributed by atoms with E-state index in [0.717, 1.165) is 25.7 Å². The summed E-state index contributed by atoms with van der Waals surface area (Å²) in [6.07, 6.45) is 7.22. The second-order valence-electron chi connectivity index (χ2n) is 8.36. The number of rotatable bonds is 9. The Morgan fingerprint density at radius 2 is 2.10 bits per heavy atom. The number of hydrogen-bond donors (Lipinski definition) is 3. The molecule has 0 radical (unpaired) electrons. The summed E-state index contributed by atoms with van der Waals surface area (Å²) < 4.78 is 0. The molecule has 2 heterocycles. The maximum atomic E-state index is 13.3. The summed E-state index contributed by atoms with van der Waals surface area (Å²) in [6.45, 7) is 0.382. The first kappa shape index (κ1) is 22.9. The zero-order valence-corrected chi connectivity index (χ0v) is 18.0. The van der Waals surface area contributed by atoms with Crippen molar-refractivity contribution >= 4 is 30.0 Å². The molecule has 11 nitrogen and oxygen atoms in total. The molecule has 1 aliphatic heterocycles. The molecule has 2 atom stereocenters. The van der Waals surface area contributed by atoms with Crippen LogP contribution in [0, 0.1) is 11.8 Å². The summed E-state index contributed by atoms with van der Waals surface area (Å²) in [7, 11) is 3.60. The molecular formula is C20H31N7O4. The van der Waals surface area contributed by atoms with E-state index in [1.54, 1.807) is 31.3 Å². The van der Waals surface area contributed by atoms with Crippen molar-refractivity contribution in [3.63, 3.8) is 0 Å². The van der Waals surface area contributed by atoms with Gasteiger partial charge in [0.25, 0.3) is 0 Å². The van der Waals surface area contributed by atoms with E-state index in [4.69, 9.17) is 0 Å². The van der Waals surface area contributed by atoms with Crippen molar-refractivity contribution in [3.8, 4) is 0 Å². The fourth-order valence-corrected chi connectivity index (χ4v) is 4.25. The average molecular weight is 434 g/mol. The monoisotopic (exact) mass is 433 g/mol.